The van der Waals surface area contributed by atoms with Crippen molar-refractivity contribution in [1.29, 1.82) is 0 Å². The lowest BCUT2D eigenvalue weighted by molar-refractivity contribution is 1.04. The highest BCUT2D eigenvalue weighted by Gasteiger charge is 2.19. The van der Waals surface area contributed by atoms with Gasteiger partial charge in [0.05, 0.1) is 0 Å². The first-order valence-electron chi connectivity index (χ1n) is 18.3. The Morgan fingerprint density at radius 3 is 1.75 bits per heavy atom. The van der Waals surface area contributed by atoms with Gasteiger partial charge in [0, 0.05) is 20.2 Å². The van der Waals surface area contributed by atoms with E-state index < -0.39 is 0 Å². The summed E-state index contributed by atoms with van der Waals surface area (Å²) >= 11 is 1.90. The predicted octanol–water partition coefficient (Wildman–Crippen LogP) is 14.7. The Labute approximate surface area is 307 Å². The van der Waals surface area contributed by atoms with Gasteiger partial charge in [-0.2, -0.15) is 0 Å². The van der Waals surface area contributed by atoms with Gasteiger partial charge < -0.3 is 0 Å². The molecule has 9 aromatic rings. The minimum Gasteiger partial charge on any atom is -0.135 e. The monoisotopic (exact) mass is 678 g/mol. The molecule has 1 heterocycles. The van der Waals surface area contributed by atoms with Crippen molar-refractivity contribution in [1.82, 2.24) is 0 Å². The van der Waals surface area contributed by atoms with E-state index in [1.165, 1.54) is 108 Å². The van der Waals surface area contributed by atoms with E-state index in [-0.39, 0.29) is 0 Å². The molecule has 0 atom stereocenters. The number of hydrogen-bond donors (Lipinski definition) is 0. The Hall–Kier alpha value is -6.02. The fourth-order valence-electron chi connectivity index (χ4n) is 8.59. The SMILES string of the molecule is C1=CC(c2ccccc2-c2ccc3cc4sc5cc6ccc(-c7cccc(-c8ccc9c(c8)-c8ccccc8C9)c7)cc6cc5c4cc3c2)=CCC1. The minimum absolute atomic E-state index is 1.03. The highest BCUT2D eigenvalue weighted by molar-refractivity contribution is 7.26. The Balaban J connectivity index is 0.980. The molecule has 2 aliphatic carbocycles. The molecule has 0 bridgehead atoms. The molecule has 1 heteroatoms. The molecule has 0 saturated carbocycles. The van der Waals surface area contributed by atoms with Crippen LogP contribution in [0.5, 0.6) is 0 Å². The second-order valence-corrected chi connectivity index (χ2v) is 15.5. The number of hydrogen-bond acceptors (Lipinski definition) is 1. The van der Waals surface area contributed by atoms with E-state index in [9.17, 15) is 0 Å². The quantitative estimate of drug-likeness (QED) is 0.174. The van der Waals surface area contributed by atoms with Crippen molar-refractivity contribution < 1.29 is 0 Å². The Kier molecular flexibility index (Phi) is 6.72. The number of allylic oxidation sites excluding steroid dienone is 4. The Morgan fingerprint density at radius 1 is 0.385 bits per heavy atom. The van der Waals surface area contributed by atoms with Crippen LogP contribution in [0, 0.1) is 0 Å². The lowest BCUT2D eigenvalue weighted by Gasteiger charge is -2.14. The largest absolute Gasteiger partial charge is 0.135 e. The van der Waals surface area contributed by atoms with Gasteiger partial charge in [-0.1, -0.05) is 121 Å². The van der Waals surface area contributed by atoms with Crippen molar-refractivity contribution in [3.8, 4) is 44.5 Å². The first-order valence-corrected chi connectivity index (χ1v) is 19.2. The third kappa shape index (κ3) is 4.88. The van der Waals surface area contributed by atoms with Crippen molar-refractivity contribution in [3.63, 3.8) is 0 Å². The molecule has 8 aromatic carbocycles. The van der Waals surface area contributed by atoms with Crippen LogP contribution in [0.4, 0.5) is 0 Å². The molecule has 0 N–H and O–H groups in total. The fourth-order valence-corrected chi connectivity index (χ4v) is 9.76. The van der Waals surface area contributed by atoms with Crippen LogP contribution in [0.1, 0.15) is 29.5 Å². The van der Waals surface area contributed by atoms with E-state index in [2.05, 4.69) is 170 Å². The summed E-state index contributed by atoms with van der Waals surface area (Å²) in [5, 5.41) is 7.81. The molecular formula is C51H34S. The molecule has 0 amide bonds. The van der Waals surface area contributed by atoms with Gasteiger partial charge in [0.15, 0.2) is 0 Å². The lowest BCUT2D eigenvalue weighted by atomic mass is 9.91. The smallest absolute Gasteiger partial charge is 0.0361 e. The van der Waals surface area contributed by atoms with Crippen molar-refractivity contribution in [2.75, 3.05) is 0 Å². The molecule has 0 spiro atoms. The molecule has 0 aliphatic heterocycles. The average molecular weight is 679 g/mol. The maximum absolute atomic E-state index is 2.42. The van der Waals surface area contributed by atoms with Gasteiger partial charge >= 0.3 is 0 Å². The van der Waals surface area contributed by atoms with Crippen LogP contribution in [0.25, 0.3) is 91.8 Å². The molecule has 0 unspecified atom stereocenters. The topological polar surface area (TPSA) is 0 Å². The highest BCUT2D eigenvalue weighted by Crippen LogP contribution is 2.42. The van der Waals surface area contributed by atoms with Gasteiger partial charge in [0.25, 0.3) is 0 Å². The molecule has 0 saturated heterocycles. The minimum atomic E-state index is 1.03. The summed E-state index contributed by atoms with van der Waals surface area (Å²) in [6.45, 7) is 0. The molecule has 0 nitrogen and oxygen atoms in total. The molecule has 0 fully saturated rings. The van der Waals surface area contributed by atoms with Crippen molar-refractivity contribution in [2.24, 2.45) is 0 Å². The number of benzene rings is 8. The third-order valence-electron chi connectivity index (χ3n) is 11.3. The molecule has 244 valence electrons. The normalized spacial score (nSPS) is 13.6. The van der Waals surface area contributed by atoms with Gasteiger partial charge in [-0.25, -0.2) is 0 Å². The second kappa shape index (κ2) is 11.8. The summed E-state index contributed by atoms with van der Waals surface area (Å²) in [6.07, 6.45) is 10.2. The van der Waals surface area contributed by atoms with Crippen LogP contribution in [0.2, 0.25) is 0 Å². The summed E-state index contributed by atoms with van der Waals surface area (Å²) in [5.41, 5.74) is 15.8. The van der Waals surface area contributed by atoms with Gasteiger partial charge in [0.1, 0.15) is 0 Å². The van der Waals surface area contributed by atoms with Crippen LogP contribution in [-0.4, -0.2) is 0 Å². The van der Waals surface area contributed by atoms with Crippen molar-refractivity contribution in [2.45, 2.75) is 19.3 Å². The van der Waals surface area contributed by atoms with E-state index in [0.717, 1.165) is 19.3 Å². The van der Waals surface area contributed by atoms with Crippen LogP contribution in [0.15, 0.2) is 170 Å². The van der Waals surface area contributed by atoms with Gasteiger partial charge in [0.2, 0.25) is 0 Å². The van der Waals surface area contributed by atoms with Crippen LogP contribution < -0.4 is 0 Å². The van der Waals surface area contributed by atoms with Crippen molar-refractivity contribution in [3.05, 3.63) is 187 Å². The van der Waals surface area contributed by atoms with E-state index in [1.807, 2.05) is 11.3 Å². The number of fused-ring (bicyclic) bond motifs is 8. The Bertz CT molecular complexity index is 2990. The predicted molar refractivity (Wildman–Crippen MR) is 225 cm³/mol. The third-order valence-corrected chi connectivity index (χ3v) is 12.4. The van der Waals surface area contributed by atoms with E-state index in [0.29, 0.717) is 0 Å². The van der Waals surface area contributed by atoms with Gasteiger partial charge in [-0.3, -0.25) is 0 Å². The Morgan fingerprint density at radius 2 is 1.00 bits per heavy atom. The maximum Gasteiger partial charge on any atom is 0.0361 e. The average Bonchev–Trinajstić information content (AvgIpc) is 3.75. The highest BCUT2D eigenvalue weighted by atomic mass is 32.1. The van der Waals surface area contributed by atoms with Crippen molar-refractivity contribution >= 4 is 58.6 Å². The van der Waals surface area contributed by atoms with Crippen LogP contribution in [-0.2, 0) is 6.42 Å². The summed E-state index contributed by atoms with van der Waals surface area (Å²) in [4.78, 5) is 0. The molecular weight excluding hydrogens is 645 g/mol. The first-order chi connectivity index (χ1) is 25.7. The first kappa shape index (κ1) is 29.7. The zero-order valence-electron chi connectivity index (χ0n) is 28.7. The molecule has 1 aromatic heterocycles. The summed E-state index contributed by atoms with van der Waals surface area (Å²) < 4.78 is 2.68. The lowest BCUT2D eigenvalue weighted by Crippen LogP contribution is -1.90. The number of thiophene rings is 1. The van der Waals surface area contributed by atoms with E-state index in [1.54, 1.807) is 0 Å². The van der Waals surface area contributed by atoms with E-state index in [4.69, 9.17) is 0 Å². The zero-order valence-corrected chi connectivity index (χ0v) is 29.5. The fraction of sp³-hybridized carbons (Fsp3) is 0.0588. The number of rotatable bonds is 4. The molecule has 11 rings (SSSR count). The molecule has 52 heavy (non-hydrogen) atoms. The standard InChI is InChI=1S/C51H34S/c1-2-9-32(10-3-1)44-14-6-7-15-45(44)40-21-20-38-31-51-49(29-43(38)26-40)48-28-42-24-35(17-18-37(42)30-50(48)52-51)33-12-8-13-34(23-33)36-19-22-41-25-39-11-4-5-16-46(39)47(41)27-36/h2,4-24,26-31H,1,3,25H2. The molecule has 2 aliphatic rings. The van der Waals surface area contributed by atoms with Gasteiger partial charge in [-0.05, 0) is 156 Å². The maximum atomic E-state index is 2.42. The summed E-state index contributed by atoms with van der Waals surface area (Å²) in [6, 6.07) is 57.2. The van der Waals surface area contributed by atoms with Crippen LogP contribution in [0.3, 0.4) is 0 Å². The zero-order chi connectivity index (χ0) is 34.2. The van der Waals surface area contributed by atoms with E-state index >= 15 is 0 Å². The second-order valence-electron chi connectivity index (χ2n) is 14.4. The van der Waals surface area contributed by atoms with Crippen LogP contribution >= 0.6 is 11.3 Å². The summed E-state index contributed by atoms with van der Waals surface area (Å²) in [5.74, 6) is 0. The summed E-state index contributed by atoms with van der Waals surface area (Å²) in [7, 11) is 0. The molecule has 0 radical (unpaired) electrons. The van der Waals surface area contributed by atoms with Gasteiger partial charge in [-0.15, -0.1) is 11.3 Å².